The Bertz CT molecular complexity index is 449. The van der Waals surface area contributed by atoms with Crippen molar-refractivity contribution in [2.45, 2.75) is 19.8 Å². The third-order valence-corrected chi connectivity index (χ3v) is 2.28. The van der Waals surface area contributed by atoms with Gasteiger partial charge in [0, 0.05) is 12.8 Å². The number of aromatic nitrogens is 4. The maximum atomic E-state index is 8.73. The Kier molecular flexibility index (Phi) is 3.26. The van der Waals surface area contributed by atoms with E-state index in [0.29, 0.717) is 5.82 Å². The number of aliphatic hydroxyl groups excluding tert-OH is 1. The molecule has 0 saturated heterocycles. The highest BCUT2D eigenvalue weighted by molar-refractivity contribution is 5.21. The van der Waals surface area contributed by atoms with E-state index in [-0.39, 0.29) is 6.61 Å². The molecule has 0 spiro atoms. The number of hydrogen-bond donors (Lipinski definition) is 1. The van der Waals surface area contributed by atoms with Crippen LogP contribution in [0.2, 0.25) is 0 Å². The summed E-state index contributed by atoms with van der Waals surface area (Å²) in [7, 11) is 0. The van der Waals surface area contributed by atoms with E-state index in [9.17, 15) is 0 Å². The Morgan fingerprint density at radius 1 is 1.31 bits per heavy atom. The Morgan fingerprint density at radius 2 is 2.19 bits per heavy atom. The average molecular weight is 218 g/mol. The lowest BCUT2D eigenvalue weighted by Crippen LogP contribution is -1.99. The molecule has 1 N–H and O–H groups in total. The smallest absolute Gasteiger partial charge is 0.175 e. The molecule has 5 nitrogen and oxygen atoms in total. The second-order valence-corrected chi connectivity index (χ2v) is 3.65. The first-order valence-electron chi connectivity index (χ1n) is 5.25. The number of nitrogens with zero attached hydrogens (tertiary/aromatic N) is 4. The first kappa shape index (κ1) is 10.8. The molecule has 0 fully saturated rings. The molecular weight excluding hydrogens is 204 g/mol. The summed E-state index contributed by atoms with van der Waals surface area (Å²) in [5, 5.41) is 21.0. The van der Waals surface area contributed by atoms with Gasteiger partial charge in [-0.3, -0.25) is 0 Å². The monoisotopic (exact) mass is 218 g/mol. The Balaban J connectivity index is 2.15. The summed E-state index contributed by atoms with van der Waals surface area (Å²) >= 11 is 0. The Hall–Kier alpha value is -1.75. The van der Waals surface area contributed by atoms with Crippen molar-refractivity contribution >= 4 is 0 Å². The fraction of sp³-hybridized carbons (Fsp3) is 0.364. The lowest BCUT2D eigenvalue weighted by molar-refractivity contribution is 0.288. The van der Waals surface area contributed by atoms with Gasteiger partial charge in [-0.25, -0.2) is 4.68 Å². The van der Waals surface area contributed by atoms with Crippen LogP contribution in [0, 0.1) is 6.92 Å². The molecule has 2 rings (SSSR count). The van der Waals surface area contributed by atoms with Gasteiger partial charge in [0.1, 0.15) is 0 Å². The molecular formula is C11H14N4O. The van der Waals surface area contributed by atoms with Gasteiger partial charge in [0.15, 0.2) is 5.82 Å². The molecule has 0 bridgehead atoms. The number of aliphatic hydroxyl groups is 1. The van der Waals surface area contributed by atoms with E-state index in [1.807, 2.05) is 25.3 Å². The zero-order chi connectivity index (χ0) is 11.4. The summed E-state index contributed by atoms with van der Waals surface area (Å²) in [6, 6.07) is 3.78. The molecule has 5 heteroatoms. The first-order valence-corrected chi connectivity index (χ1v) is 5.25. The summed E-state index contributed by atoms with van der Waals surface area (Å²) in [5.74, 6) is 0.709. The quantitative estimate of drug-likeness (QED) is 0.828. The van der Waals surface area contributed by atoms with Gasteiger partial charge in [-0.05, 0) is 37.5 Å². The molecule has 0 aromatic carbocycles. The van der Waals surface area contributed by atoms with Gasteiger partial charge in [0.05, 0.1) is 11.9 Å². The van der Waals surface area contributed by atoms with Gasteiger partial charge in [-0.2, -0.15) is 10.2 Å². The lowest BCUT2D eigenvalue weighted by atomic mass is 10.2. The van der Waals surface area contributed by atoms with E-state index in [0.717, 1.165) is 24.1 Å². The Labute approximate surface area is 93.8 Å². The fourth-order valence-electron chi connectivity index (χ4n) is 1.41. The largest absolute Gasteiger partial charge is 0.396 e. The van der Waals surface area contributed by atoms with Crippen molar-refractivity contribution in [1.82, 2.24) is 20.0 Å². The fourth-order valence-corrected chi connectivity index (χ4v) is 1.41. The summed E-state index contributed by atoms with van der Waals surface area (Å²) < 4.78 is 1.69. The average Bonchev–Trinajstić information content (AvgIpc) is 2.76. The molecule has 0 amide bonds. The zero-order valence-electron chi connectivity index (χ0n) is 9.17. The minimum Gasteiger partial charge on any atom is -0.396 e. The Morgan fingerprint density at radius 3 is 2.88 bits per heavy atom. The van der Waals surface area contributed by atoms with E-state index < -0.39 is 0 Å². The van der Waals surface area contributed by atoms with Crippen LogP contribution < -0.4 is 0 Å². The van der Waals surface area contributed by atoms with Crippen molar-refractivity contribution in [2.24, 2.45) is 0 Å². The van der Waals surface area contributed by atoms with Crippen LogP contribution in [0.15, 0.2) is 24.5 Å². The standard InChI is InChI=1S/C11H14N4O/c1-9-4-5-11(14-13-9)15-8-10(7-12-15)3-2-6-16/h4-5,7-8,16H,2-3,6H2,1H3. The number of hydrogen-bond acceptors (Lipinski definition) is 4. The predicted octanol–water partition coefficient (Wildman–Crippen LogP) is 0.896. The maximum Gasteiger partial charge on any atom is 0.175 e. The highest BCUT2D eigenvalue weighted by atomic mass is 16.2. The van der Waals surface area contributed by atoms with Crippen LogP contribution in [0.25, 0.3) is 5.82 Å². The highest BCUT2D eigenvalue weighted by Crippen LogP contribution is 2.06. The predicted molar refractivity (Wildman–Crippen MR) is 59.3 cm³/mol. The van der Waals surface area contributed by atoms with Crippen molar-refractivity contribution in [3.8, 4) is 5.82 Å². The molecule has 0 radical (unpaired) electrons. The molecule has 16 heavy (non-hydrogen) atoms. The minimum atomic E-state index is 0.204. The van der Waals surface area contributed by atoms with Crippen LogP contribution in [-0.4, -0.2) is 31.7 Å². The van der Waals surface area contributed by atoms with Crippen LogP contribution in [0.4, 0.5) is 0 Å². The van der Waals surface area contributed by atoms with E-state index in [1.54, 1.807) is 10.9 Å². The summed E-state index contributed by atoms with van der Waals surface area (Å²) in [5.41, 5.74) is 1.98. The molecule has 0 aliphatic heterocycles. The molecule has 84 valence electrons. The van der Waals surface area contributed by atoms with E-state index in [4.69, 9.17) is 5.11 Å². The topological polar surface area (TPSA) is 63.8 Å². The van der Waals surface area contributed by atoms with Gasteiger partial charge in [-0.1, -0.05) is 0 Å². The zero-order valence-corrected chi connectivity index (χ0v) is 9.17. The van der Waals surface area contributed by atoms with Gasteiger partial charge in [-0.15, -0.1) is 5.10 Å². The third-order valence-electron chi connectivity index (χ3n) is 2.28. The van der Waals surface area contributed by atoms with Gasteiger partial charge < -0.3 is 5.11 Å². The molecule has 2 aromatic heterocycles. The van der Waals surface area contributed by atoms with Crippen molar-refractivity contribution in [2.75, 3.05) is 6.61 Å². The SMILES string of the molecule is Cc1ccc(-n2cc(CCCO)cn2)nn1. The third kappa shape index (κ3) is 2.43. The molecule has 2 aromatic rings. The lowest BCUT2D eigenvalue weighted by Gasteiger charge is -1.98. The van der Waals surface area contributed by atoms with Crippen LogP contribution >= 0.6 is 0 Å². The molecule has 0 aliphatic rings. The van der Waals surface area contributed by atoms with Crippen molar-refractivity contribution in [1.29, 1.82) is 0 Å². The second-order valence-electron chi connectivity index (χ2n) is 3.65. The van der Waals surface area contributed by atoms with Gasteiger partial charge >= 0.3 is 0 Å². The minimum absolute atomic E-state index is 0.204. The van der Waals surface area contributed by atoms with Gasteiger partial charge in [0.25, 0.3) is 0 Å². The van der Waals surface area contributed by atoms with Crippen molar-refractivity contribution < 1.29 is 5.11 Å². The maximum absolute atomic E-state index is 8.73. The van der Waals surface area contributed by atoms with Crippen LogP contribution in [-0.2, 0) is 6.42 Å². The second kappa shape index (κ2) is 4.85. The molecule has 0 unspecified atom stereocenters. The molecule has 2 heterocycles. The number of aryl methyl sites for hydroxylation is 2. The van der Waals surface area contributed by atoms with Crippen molar-refractivity contribution in [3.05, 3.63) is 35.8 Å². The van der Waals surface area contributed by atoms with Crippen LogP contribution in [0.5, 0.6) is 0 Å². The summed E-state index contributed by atoms with van der Waals surface area (Å²) in [6.45, 7) is 2.10. The van der Waals surface area contributed by atoms with Crippen LogP contribution in [0.1, 0.15) is 17.7 Å². The summed E-state index contributed by atoms with van der Waals surface area (Å²) in [6.07, 6.45) is 5.28. The van der Waals surface area contributed by atoms with Gasteiger partial charge in [0.2, 0.25) is 0 Å². The van der Waals surface area contributed by atoms with Crippen LogP contribution in [0.3, 0.4) is 0 Å². The molecule has 0 atom stereocenters. The van der Waals surface area contributed by atoms with E-state index in [2.05, 4.69) is 15.3 Å². The van der Waals surface area contributed by atoms with E-state index in [1.165, 1.54) is 0 Å². The highest BCUT2D eigenvalue weighted by Gasteiger charge is 2.02. The number of rotatable bonds is 4. The van der Waals surface area contributed by atoms with E-state index >= 15 is 0 Å². The molecule has 0 aliphatic carbocycles. The first-order chi connectivity index (χ1) is 7.79. The summed E-state index contributed by atoms with van der Waals surface area (Å²) in [4.78, 5) is 0. The normalized spacial score (nSPS) is 10.6. The van der Waals surface area contributed by atoms with Crippen molar-refractivity contribution in [3.63, 3.8) is 0 Å². The molecule has 0 saturated carbocycles.